The van der Waals surface area contributed by atoms with E-state index in [0.29, 0.717) is 6.42 Å². The minimum atomic E-state index is -0.123. The Balaban J connectivity index is -0.000000180. The summed E-state index contributed by atoms with van der Waals surface area (Å²) in [6.45, 7) is 1.94. The van der Waals surface area contributed by atoms with E-state index < -0.39 is 0 Å². The molecule has 0 aromatic heterocycles. The summed E-state index contributed by atoms with van der Waals surface area (Å²) in [6, 6.07) is 0. The normalized spacial score (nSPS) is 7.25. The average Bonchev–Trinajstić information content (AvgIpc) is 1.68. The third-order valence-corrected chi connectivity index (χ3v) is 0.682. The molecule has 0 bridgehead atoms. The second kappa shape index (κ2) is 7.47. The van der Waals surface area contributed by atoms with Crippen molar-refractivity contribution in [1.29, 1.82) is 0 Å². The topological polar surface area (TPSA) is 26.3 Å². The van der Waals surface area contributed by atoms with Gasteiger partial charge in [0, 0.05) is 6.42 Å². The molecule has 0 aliphatic heterocycles. The Labute approximate surface area is 73.4 Å². The first-order valence-corrected chi connectivity index (χ1v) is 2.38. The van der Waals surface area contributed by atoms with Crippen LogP contribution in [0.1, 0.15) is 21.2 Å². The number of methoxy groups -OCH3 is 1. The fraction of sp³-hybridized carbons (Fsp3) is 0.800. The summed E-state index contributed by atoms with van der Waals surface area (Å²) in [5, 5.41) is 0. The van der Waals surface area contributed by atoms with Crippen LogP contribution in [0.5, 0.6) is 0 Å². The molecule has 0 radical (unpaired) electrons. The van der Waals surface area contributed by atoms with Crippen LogP contribution in [0.15, 0.2) is 0 Å². The number of hydrogen-bond donors (Lipinski definition) is 0. The number of carbonyl (C=O) groups is 1. The van der Waals surface area contributed by atoms with Crippen molar-refractivity contribution in [3.63, 3.8) is 0 Å². The number of rotatable bonds is 2. The van der Waals surface area contributed by atoms with E-state index >= 15 is 0 Å². The number of hydrogen-bond acceptors (Lipinski definition) is 2. The molecular formula is C5H11NaO2. The summed E-state index contributed by atoms with van der Waals surface area (Å²) in [6.07, 6.45) is 1.41. The van der Waals surface area contributed by atoms with Gasteiger partial charge in [-0.25, -0.2) is 0 Å². The van der Waals surface area contributed by atoms with Gasteiger partial charge in [-0.15, -0.1) is 0 Å². The van der Waals surface area contributed by atoms with Gasteiger partial charge >= 0.3 is 35.5 Å². The molecule has 44 valence electrons. The van der Waals surface area contributed by atoms with Crippen LogP contribution in [-0.4, -0.2) is 13.1 Å². The second-order valence-electron chi connectivity index (χ2n) is 1.33. The molecule has 0 spiro atoms. The molecule has 0 fully saturated rings. The molecular weight excluding hydrogens is 115 g/mol. The van der Waals surface area contributed by atoms with Crippen LogP contribution < -0.4 is 29.6 Å². The van der Waals surface area contributed by atoms with E-state index in [-0.39, 0.29) is 37.0 Å². The van der Waals surface area contributed by atoms with E-state index in [1.807, 2.05) is 6.92 Å². The zero-order chi connectivity index (χ0) is 5.70. The average molecular weight is 126 g/mol. The maximum absolute atomic E-state index is 10.2. The van der Waals surface area contributed by atoms with E-state index in [2.05, 4.69) is 4.74 Å². The van der Waals surface area contributed by atoms with Crippen molar-refractivity contribution in [1.82, 2.24) is 0 Å². The van der Waals surface area contributed by atoms with Gasteiger partial charge in [-0.05, 0) is 6.42 Å². The van der Waals surface area contributed by atoms with Gasteiger partial charge in [-0.1, -0.05) is 6.92 Å². The van der Waals surface area contributed by atoms with Crippen molar-refractivity contribution in [2.24, 2.45) is 0 Å². The van der Waals surface area contributed by atoms with Crippen LogP contribution >= 0.6 is 0 Å². The predicted octanol–water partition coefficient (Wildman–Crippen LogP) is -1.92. The van der Waals surface area contributed by atoms with Crippen LogP contribution in [0, 0.1) is 0 Å². The molecule has 0 saturated heterocycles. The number of esters is 1. The van der Waals surface area contributed by atoms with Gasteiger partial charge in [-0.3, -0.25) is 4.79 Å². The maximum Gasteiger partial charge on any atom is 1.00 e. The molecule has 0 N–H and O–H groups in total. The van der Waals surface area contributed by atoms with E-state index in [0.717, 1.165) is 6.42 Å². The van der Waals surface area contributed by atoms with Crippen molar-refractivity contribution in [3.8, 4) is 0 Å². The van der Waals surface area contributed by atoms with Crippen molar-refractivity contribution >= 4 is 5.97 Å². The van der Waals surface area contributed by atoms with Gasteiger partial charge in [0.25, 0.3) is 0 Å². The smallest absolute Gasteiger partial charge is 1.00 e. The molecule has 0 heterocycles. The molecule has 8 heavy (non-hydrogen) atoms. The van der Waals surface area contributed by atoms with Crippen LogP contribution in [-0.2, 0) is 9.53 Å². The first kappa shape index (κ1) is 11.3. The van der Waals surface area contributed by atoms with Gasteiger partial charge < -0.3 is 6.16 Å². The molecule has 0 aromatic rings. The number of ether oxygens (including phenoxy) is 1. The van der Waals surface area contributed by atoms with Crippen LogP contribution in [0.25, 0.3) is 0 Å². The number of carbonyl (C=O) groups excluding carboxylic acids is 1. The predicted molar refractivity (Wildman–Crippen MR) is 28.0 cm³/mol. The summed E-state index contributed by atoms with van der Waals surface area (Å²) in [4.78, 5) is 10.2. The first-order chi connectivity index (χ1) is 3.31. The van der Waals surface area contributed by atoms with Crippen molar-refractivity contribution in [2.45, 2.75) is 19.8 Å². The molecule has 0 saturated carbocycles. The summed E-state index contributed by atoms with van der Waals surface area (Å²) >= 11 is 0. The van der Waals surface area contributed by atoms with E-state index in [1.54, 1.807) is 0 Å². The minimum Gasteiger partial charge on any atom is -1.00 e. The maximum atomic E-state index is 10.2. The largest absolute Gasteiger partial charge is 1.00 e. The molecule has 0 aromatic carbocycles. The molecule has 3 heteroatoms. The Morgan fingerprint density at radius 2 is 2.25 bits per heavy atom. The molecule has 0 aliphatic rings. The Bertz CT molecular complexity index is 68.0. The monoisotopic (exact) mass is 126 g/mol. The van der Waals surface area contributed by atoms with Gasteiger partial charge in [0.2, 0.25) is 0 Å². The summed E-state index contributed by atoms with van der Waals surface area (Å²) in [5.41, 5.74) is 0. The Hall–Kier alpha value is 0.470. The summed E-state index contributed by atoms with van der Waals surface area (Å²) in [7, 11) is 1.40. The fourth-order valence-corrected chi connectivity index (χ4v) is 0.306. The molecule has 0 rings (SSSR count). The Morgan fingerprint density at radius 3 is 2.38 bits per heavy atom. The zero-order valence-corrected chi connectivity index (χ0v) is 7.73. The van der Waals surface area contributed by atoms with Crippen LogP contribution in [0.4, 0.5) is 0 Å². The summed E-state index contributed by atoms with van der Waals surface area (Å²) < 4.78 is 4.35. The van der Waals surface area contributed by atoms with E-state index in [9.17, 15) is 4.79 Å². The molecule has 0 amide bonds. The Kier molecular flexibility index (Phi) is 10.5. The van der Waals surface area contributed by atoms with E-state index in [4.69, 9.17) is 0 Å². The molecule has 0 aliphatic carbocycles. The zero-order valence-electron chi connectivity index (χ0n) is 6.73. The third kappa shape index (κ3) is 6.47. The van der Waals surface area contributed by atoms with Gasteiger partial charge in [-0.2, -0.15) is 0 Å². The molecule has 2 nitrogen and oxygen atoms in total. The standard InChI is InChI=1S/C5H10O2.Na.H/c1-3-4-5(6)7-2;;/h3-4H2,1-2H3;;/q;+1;-1. The SMILES string of the molecule is CCCC(=O)OC.[H-].[Na+]. The molecule has 0 unspecified atom stereocenters. The summed E-state index contributed by atoms with van der Waals surface area (Å²) in [5.74, 6) is -0.123. The quantitative estimate of drug-likeness (QED) is 0.318. The van der Waals surface area contributed by atoms with Crippen LogP contribution in [0.3, 0.4) is 0 Å². The third-order valence-electron chi connectivity index (χ3n) is 0.682. The van der Waals surface area contributed by atoms with Gasteiger partial charge in [0.05, 0.1) is 7.11 Å². The molecule has 0 atom stereocenters. The van der Waals surface area contributed by atoms with Gasteiger partial charge in [0.15, 0.2) is 0 Å². The van der Waals surface area contributed by atoms with Crippen molar-refractivity contribution in [3.05, 3.63) is 0 Å². The minimum absolute atomic E-state index is 0. The second-order valence-corrected chi connectivity index (χ2v) is 1.33. The van der Waals surface area contributed by atoms with E-state index in [1.165, 1.54) is 7.11 Å². The Morgan fingerprint density at radius 1 is 1.75 bits per heavy atom. The first-order valence-electron chi connectivity index (χ1n) is 2.38. The van der Waals surface area contributed by atoms with Crippen molar-refractivity contribution in [2.75, 3.05) is 7.11 Å². The van der Waals surface area contributed by atoms with Crippen LogP contribution in [0.2, 0.25) is 0 Å². The fourth-order valence-electron chi connectivity index (χ4n) is 0.306. The van der Waals surface area contributed by atoms with Gasteiger partial charge in [0.1, 0.15) is 0 Å². The van der Waals surface area contributed by atoms with Crippen molar-refractivity contribution < 1.29 is 40.5 Å².